The molecule has 90 valence electrons. The van der Waals surface area contributed by atoms with E-state index in [2.05, 4.69) is 5.10 Å². The molecule has 0 saturated heterocycles. The summed E-state index contributed by atoms with van der Waals surface area (Å²) in [6.45, 7) is 8.80. The molecular formula is C10H17N3O3. The lowest BCUT2D eigenvalue weighted by atomic mass is 10.1. The molecule has 0 fully saturated rings. The summed E-state index contributed by atoms with van der Waals surface area (Å²) >= 11 is 0. The lowest BCUT2D eigenvalue weighted by Crippen LogP contribution is -2.36. The minimum absolute atomic E-state index is 0.110. The van der Waals surface area contributed by atoms with Crippen molar-refractivity contribution in [2.45, 2.75) is 46.4 Å². The van der Waals surface area contributed by atoms with Crippen LogP contribution in [0.2, 0.25) is 0 Å². The van der Waals surface area contributed by atoms with Gasteiger partial charge >= 0.3 is 5.82 Å². The van der Waals surface area contributed by atoms with Crippen LogP contribution in [0.15, 0.2) is 6.07 Å². The van der Waals surface area contributed by atoms with Gasteiger partial charge in [0.15, 0.2) is 0 Å². The molecule has 0 bridgehead atoms. The summed E-state index contributed by atoms with van der Waals surface area (Å²) in [7, 11) is 0. The lowest BCUT2D eigenvalue weighted by Gasteiger charge is -2.28. The van der Waals surface area contributed by atoms with Crippen molar-refractivity contribution >= 4 is 5.82 Å². The van der Waals surface area contributed by atoms with Crippen molar-refractivity contribution in [3.63, 3.8) is 0 Å². The fourth-order valence-corrected chi connectivity index (χ4v) is 1.46. The Morgan fingerprint density at radius 2 is 2.19 bits per heavy atom. The Morgan fingerprint density at radius 3 is 2.75 bits per heavy atom. The molecule has 1 aliphatic heterocycles. The van der Waals surface area contributed by atoms with Crippen LogP contribution < -0.4 is 0 Å². The van der Waals surface area contributed by atoms with Gasteiger partial charge in [0, 0.05) is 0 Å². The quantitative estimate of drug-likeness (QED) is 0.544. The molecule has 0 amide bonds. The Kier molecular flexibility index (Phi) is 3.64. The fraction of sp³-hybridized carbons (Fsp3) is 0.700. The van der Waals surface area contributed by atoms with Gasteiger partial charge in [-0.15, -0.1) is 0 Å². The van der Waals surface area contributed by atoms with Crippen molar-refractivity contribution in [1.82, 2.24) is 9.78 Å². The van der Waals surface area contributed by atoms with Crippen molar-refractivity contribution in [3.8, 4) is 0 Å². The first-order chi connectivity index (χ1) is 7.48. The van der Waals surface area contributed by atoms with E-state index in [4.69, 9.17) is 4.74 Å². The van der Waals surface area contributed by atoms with Crippen molar-refractivity contribution < 1.29 is 9.66 Å². The summed E-state index contributed by atoms with van der Waals surface area (Å²) in [6.07, 6.45) is 0. The molecule has 2 heterocycles. The van der Waals surface area contributed by atoms with E-state index in [-0.39, 0.29) is 11.4 Å². The largest absolute Gasteiger partial charge is 0.390 e. The summed E-state index contributed by atoms with van der Waals surface area (Å²) in [5.41, 5.74) is 0.461. The van der Waals surface area contributed by atoms with Crippen LogP contribution in [0, 0.1) is 10.1 Å². The average Bonchev–Trinajstić information content (AvgIpc) is 2.62. The SMILES string of the molecule is CC.CC1(C)Cn2nc([N+](=O)[O-])cc2CO1. The van der Waals surface area contributed by atoms with E-state index in [1.54, 1.807) is 4.68 Å². The average molecular weight is 227 g/mol. The third kappa shape index (κ3) is 2.57. The fourth-order valence-electron chi connectivity index (χ4n) is 1.46. The van der Waals surface area contributed by atoms with Gasteiger partial charge in [0.25, 0.3) is 0 Å². The minimum atomic E-state index is -0.488. The number of nitro groups is 1. The van der Waals surface area contributed by atoms with E-state index in [0.29, 0.717) is 13.2 Å². The minimum Gasteiger partial charge on any atom is -0.367 e. The van der Waals surface area contributed by atoms with Crippen LogP contribution >= 0.6 is 0 Å². The summed E-state index contributed by atoms with van der Waals surface area (Å²) < 4.78 is 7.14. The maximum Gasteiger partial charge on any atom is 0.390 e. The molecule has 0 aliphatic carbocycles. The zero-order chi connectivity index (χ0) is 12.3. The number of hydrogen-bond donors (Lipinski definition) is 0. The van der Waals surface area contributed by atoms with E-state index >= 15 is 0 Å². The van der Waals surface area contributed by atoms with Crippen molar-refractivity contribution in [1.29, 1.82) is 0 Å². The zero-order valence-corrected chi connectivity index (χ0v) is 10.1. The van der Waals surface area contributed by atoms with Crippen LogP contribution in [0.3, 0.4) is 0 Å². The zero-order valence-electron chi connectivity index (χ0n) is 10.1. The number of fused-ring (bicyclic) bond motifs is 1. The second-order valence-electron chi connectivity index (χ2n) is 3.96. The smallest absolute Gasteiger partial charge is 0.367 e. The summed E-state index contributed by atoms with van der Waals surface area (Å²) in [5, 5.41) is 14.4. The maximum atomic E-state index is 10.5. The van der Waals surface area contributed by atoms with Crippen molar-refractivity contribution in [3.05, 3.63) is 21.9 Å². The topological polar surface area (TPSA) is 70.2 Å². The molecule has 0 aromatic carbocycles. The van der Waals surface area contributed by atoms with Crippen molar-refractivity contribution in [2.24, 2.45) is 0 Å². The summed E-state index contributed by atoms with van der Waals surface area (Å²) in [6, 6.07) is 1.45. The molecule has 0 saturated carbocycles. The third-order valence-corrected chi connectivity index (χ3v) is 2.18. The normalized spacial score (nSPS) is 17.0. The number of rotatable bonds is 1. The van der Waals surface area contributed by atoms with Gasteiger partial charge in [-0.2, -0.15) is 4.68 Å². The molecule has 16 heavy (non-hydrogen) atoms. The Bertz CT molecular complexity index is 385. The van der Waals surface area contributed by atoms with Gasteiger partial charge < -0.3 is 14.9 Å². The van der Waals surface area contributed by atoms with Gasteiger partial charge in [-0.05, 0) is 18.8 Å². The molecule has 1 aromatic rings. The first kappa shape index (κ1) is 12.6. The summed E-state index contributed by atoms with van der Waals surface area (Å²) in [5.74, 6) is -0.110. The lowest BCUT2D eigenvalue weighted by molar-refractivity contribution is -0.389. The number of ether oxygens (including phenoxy) is 1. The number of hydrogen-bond acceptors (Lipinski definition) is 4. The molecule has 1 aliphatic rings. The Labute approximate surface area is 94.4 Å². The Balaban J connectivity index is 0.000000606. The highest BCUT2D eigenvalue weighted by atomic mass is 16.6. The predicted octanol–water partition coefficient (Wildman–Crippen LogP) is 2.13. The standard InChI is InChI=1S/C8H11N3O3.C2H6/c1-8(2)5-10-6(4-14-8)3-7(9-10)11(12)13;1-2/h3H,4-5H2,1-2H3;1-2H3. The molecule has 2 rings (SSSR count). The van der Waals surface area contributed by atoms with E-state index < -0.39 is 4.92 Å². The van der Waals surface area contributed by atoms with Crippen LogP contribution in [0.4, 0.5) is 5.82 Å². The third-order valence-electron chi connectivity index (χ3n) is 2.18. The molecular weight excluding hydrogens is 210 g/mol. The maximum absolute atomic E-state index is 10.5. The molecule has 0 unspecified atom stereocenters. The van der Waals surface area contributed by atoms with Gasteiger partial charge in [0.2, 0.25) is 0 Å². The molecule has 0 atom stereocenters. The van der Waals surface area contributed by atoms with E-state index in [0.717, 1.165) is 5.69 Å². The second kappa shape index (κ2) is 4.61. The first-order valence-corrected chi connectivity index (χ1v) is 5.33. The van der Waals surface area contributed by atoms with Crippen LogP contribution in [0.5, 0.6) is 0 Å². The summed E-state index contributed by atoms with van der Waals surface area (Å²) in [4.78, 5) is 9.98. The molecule has 6 nitrogen and oxygen atoms in total. The van der Waals surface area contributed by atoms with Gasteiger partial charge in [-0.1, -0.05) is 13.8 Å². The number of nitrogens with zero attached hydrogens (tertiary/aromatic N) is 3. The van der Waals surface area contributed by atoms with Crippen LogP contribution in [0.1, 0.15) is 33.4 Å². The predicted molar refractivity (Wildman–Crippen MR) is 59.1 cm³/mol. The van der Waals surface area contributed by atoms with Crippen LogP contribution in [-0.4, -0.2) is 20.3 Å². The highest BCUT2D eigenvalue weighted by Gasteiger charge is 2.31. The second-order valence-corrected chi connectivity index (χ2v) is 3.96. The van der Waals surface area contributed by atoms with E-state index in [9.17, 15) is 10.1 Å². The van der Waals surface area contributed by atoms with Gasteiger partial charge in [-0.25, -0.2) is 0 Å². The first-order valence-electron chi connectivity index (χ1n) is 5.33. The molecule has 1 aromatic heterocycles. The van der Waals surface area contributed by atoms with E-state index in [1.807, 2.05) is 27.7 Å². The van der Waals surface area contributed by atoms with Gasteiger partial charge in [0.1, 0.15) is 0 Å². The van der Waals surface area contributed by atoms with Crippen molar-refractivity contribution in [2.75, 3.05) is 0 Å². The highest BCUT2D eigenvalue weighted by Crippen LogP contribution is 2.24. The molecule has 6 heteroatoms. The van der Waals surface area contributed by atoms with Crippen LogP contribution in [-0.2, 0) is 17.9 Å². The monoisotopic (exact) mass is 227 g/mol. The molecule has 0 N–H and O–H groups in total. The van der Waals surface area contributed by atoms with Gasteiger partial charge in [0.05, 0.1) is 35.6 Å². The molecule has 0 spiro atoms. The van der Waals surface area contributed by atoms with Crippen LogP contribution in [0.25, 0.3) is 0 Å². The van der Waals surface area contributed by atoms with Gasteiger partial charge in [-0.3, -0.25) is 0 Å². The molecule has 0 radical (unpaired) electrons. The number of aromatic nitrogens is 2. The van der Waals surface area contributed by atoms with E-state index in [1.165, 1.54) is 6.07 Å². The Morgan fingerprint density at radius 1 is 1.56 bits per heavy atom. The highest BCUT2D eigenvalue weighted by molar-refractivity contribution is 5.22. The Hall–Kier alpha value is -1.43.